The van der Waals surface area contributed by atoms with Crippen LogP contribution in [0, 0.1) is 0 Å². The lowest BCUT2D eigenvalue weighted by atomic mass is 9.99. The van der Waals surface area contributed by atoms with Gasteiger partial charge in [-0.25, -0.2) is 13.8 Å². The van der Waals surface area contributed by atoms with Crippen LogP contribution in [0.5, 0.6) is 0 Å². The fourth-order valence-electron chi connectivity index (χ4n) is 4.50. The molecular formula is C24H29F5N8O2S. The number of carbonyl (C=O) groups is 1. The molecule has 1 amide bonds. The molecule has 4 heterocycles. The van der Waals surface area contributed by atoms with Crippen molar-refractivity contribution >= 4 is 23.5 Å². The summed E-state index contributed by atoms with van der Waals surface area (Å²) in [5, 5.41) is 5.99. The van der Waals surface area contributed by atoms with Crippen molar-refractivity contribution in [2.75, 3.05) is 32.4 Å². The van der Waals surface area contributed by atoms with Gasteiger partial charge in [0.1, 0.15) is 24.2 Å². The minimum absolute atomic E-state index is 0.162. The van der Waals surface area contributed by atoms with Crippen LogP contribution in [-0.2, 0) is 17.9 Å². The van der Waals surface area contributed by atoms with Crippen molar-refractivity contribution in [3.8, 4) is 11.3 Å². The summed E-state index contributed by atoms with van der Waals surface area (Å²) in [5.41, 5.74) is 4.58. The Labute approximate surface area is 230 Å². The van der Waals surface area contributed by atoms with E-state index in [9.17, 15) is 31.3 Å². The summed E-state index contributed by atoms with van der Waals surface area (Å²) in [7, 11) is 0. The first-order chi connectivity index (χ1) is 18.9. The molecule has 0 spiro atoms. The maximum Gasteiger partial charge on any atom is 0.408 e. The minimum Gasteiger partial charge on any atom is -0.598 e. The van der Waals surface area contributed by atoms with Gasteiger partial charge in [-0.3, -0.25) is 19.4 Å². The smallest absolute Gasteiger partial charge is 0.408 e. The van der Waals surface area contributed by atoms with Crippen LogP contribution in [0.15, 0.2) is 47.0 Å². The molecule has 0 aliphatic carbocycles. The monoisotopic (exact) mass is 588 g/mol. The number of aliphatic imine (C=N–C) groups is 1. The molecule has 218 valence electrons. The molecular weight excluding hydrogens is 559 g/mol. The number of nitrogens with one attached hydrogen (secondary N) is 1. The summed E-state index contributed by atoms with van der Waals surface area (Å²) in [4.78, 5) is 23.6. The van der Waals surface area contributed by atoms with E-state index in [0.717, 1.165) is 38.3 Å². The summed E-state index contributed by atoms with van der Waals surface area (Å²) in [6.07, 6.45) is -0.648. The Hall–Kier alpha value is -3.08. The predicted octanol–water partition coefficient (Wildman–Crippen LogP) is 2.19. The van der Waals surface area contributed by atoms with Gasteiger partial charge in [-0.05, 0) is 25.0 Å². The molecule has 0 aromatic carbocycles. The number of hydrogen-bond acceptors (Lipinski definition) is 8. The zero-order chi connectivity index (χ0) is 29.0. The molecule has 2 aliphatic rings. The predicted molar refractivity (Wildman–Crippen MR) is 139 cm³/mol. The first kappa shape index (κ1) is 29.9. The van der Waals surface area contributed by atoms with Gasteiger partial charge in [0.2, 0.25) is 0 Å². The number of alkyl halides is 5. The highest BCUT2D eigenvalue weighted by Gasteiger charge is 2.35. The SMILES string of the molecule is C[S+]([O-])N1CCC(N2CC(N=CC(NC(=O)c3cccc(-c4cnn(CC(F)(F)F)c4)n3)=C(N)C(F)F)C2)CC1. The van der Waals surface area contributed by atoms with Crippen molar-refractivity contribution < 1.29 is 31.3 Å². The Morgan fingerprint density at radius 2 is 2.00 bits per heavy atom. The van der Waals surface area contributed by atoms with E-state index >= 15 is 0 Å². The quantitative estimate of drug-likeness (QED) is 0.261. The summed E-state index contributed by atoms with van der Waals surface area (Å²) < 4.78 is 78.9. The van der Waals surface area contributed by atoms with E-state index in [1.165, 1.54) is 24.4 Å². The number of likely N-dealkylation sites (tertiary alicyclic amines) is 1. The number of amides is 1. The Morgan fingerprint density at radius 3 is 2.62 bits per heavy atom. The Morgan fingerprint density at radius 1 is 1.30 bits per heavy atom. The van der Waals surface area contributed by atoms with E-state index in [4.69, 9.17) is 5.73 Å². The van der Waals surface area contributed by atoms with Crippen LogP contribution in [0.1, 0.15) is 23.3 Å². The number of carbonyl (C=O) groups excluding carboxylic acids is 1. The molecule has 2 aliphatic heterocycles. The Balaban J connectivity index is 1.38. The van der Waals surface area contributed by atoms with Crippen LogP contribution in [0.2, 0.25) is 0 Å². The topological polar surface area (TPSA) is 128 Å². The van der Waals surface area contributed by atoms with E-state index in [1.54, 1.807) is 6.26 Å². The van der Waals surface area contributed by atoms with Gasteiger partial charge in [0.15, 0.2) is 0 Å². The van der Waals surface area contributed by atoms with E-state index in [-0.39, 0.29) is 28.7 Å². The standard InChI is InChI=1S/C24H29F5N8O2S/c1-40(39)37-7-5-17(6-8-37)35-12-16(13-35)31-10-20(21(30)22(25)26)34-23(38)19-4-2-3-18(33-19)15-9-32-36(11-15)14-24(27,28)29/h2-4,9-11,16-17,22H,5-8,12-14,30H2,1H3,(H,34,38). The summed E-state index contributed by atoms with van der Waals surface area (Å²) >= 11 is -0.988. The summed E-state index contributed by atoms with van der Waals surface area (Å²) in [5.74, 6) is -0.843. The maximum atomic E-state index is 13.4. The number of nitrogens with two attached hydrogens (primary N) is 1. The molecule has 0 radical (unpaired) electrons. The second kappa shape index (κ2) is 12.6. The highest BCUT2D eigenvalue weighted by molar-refractivity contribution is 7.88. The van der Waals surface area contributed by atoms with Gasteiger partial charge in [0, 0.05) is 61.6 Å². The van der Waals surface area contributed by atoms with E-state index < -0.39 is 42.1 Å². The van der Waals surface area contributed by atoms with Gasteiger partial charge in [0.05, 0.1) is 23.6 Å². The average Bonchev–Trinajstić information content (AvgIpc) is 3.33. The molecule has 2 aromatic rings. The maximum absolute atomic E-state index is 13.4. The number of hydrogen-bond donors (Lipinski definition) is 2. The number of nitrogens with zero attached hydrogens (tertiary/aromatic N) is 6. The second-order valence-corrected chi connectivity index (χ2v) is 10.9. The molecule has 3 N–H and O–H groups in total. The van der Waals surface area contributed by atoms with E-state index in [1.807, 2.05) is 4.31 Å². The number of piperidine rings is 1. The summed E-state index contributed by atoms with van der Waals surface area (Å²) in [6.45, 7) is 1.45. The fourth-order valence-corrected chi connectivity index (χ4v) is 5.22. The molecule has 4 rings (SSSR count). The number of aromatic nitrogens is 3. The molecule has 40 heavy (non-hydrogen) atoms. The lowest BCUT2D eigenvalue weighted by molar-refractivity contribution is -0.142. The van der Waals surface area contributed by atoms with Crippen LogP contribution < -0.4 is 11.1 Å². The third-order valence-electron chi connectivity index (χ3n) is 6.65. The largest absolute Gasteiger partial charge is 0.598 e. The highest BCUT2D eigenvalue weighted by Crippen LogP contribution is 2.25. The van der Waals surface area contributed by atoms with Gasteiger partial charge < -0.3 is 15.6 Å². The van der Waals surface area contributed by atoms with Gasteiger partial charge >= 0.3 is 6.18 Å². The third-order valence-corrected chi connectivity index (χ3v) is 7.75. The van der Waals surface area contributed by atoms with Gasteiger partial charge in [0.25, 0.3) is 12.3 Å². The van der Waals surface area contributed by atoms with Crippen molar-refractivity contribution in [2.24, 2.45) is 10.7 Å². The van der Waals surface area contributed by atoms with Crippen LogP contribution in [0.4, 0.5) is 22.0 Å². The number of halogens is 5. The molecule has 1 unspecified atom stereocenters. The van der Waals surface area contributed by atoms with Gasteiger partial charge in [-0.1, -0.05) is 6.07 Å². The Bertz CT molecular complexity index is 1240. The molecule has 0 saturated carbocycles. The number of rotatable bonds is 9. The molecule has 10 nitrogen and oxygen atoms in total. The lowest BCUT2D eigenvalue weighted by Crippen LogP contribution is -2.57. The van der Waals surface area contributed by atoms with Crippen LogP contribution >= 0.6 is 0 Å². The number of pyridine rings is 1. The zero-order valence-electron chi connectivity index (χ0n) is 21.5. The molecule has 2 saturated heterocycles. The highest BCUT2D eigenvalue weighted by atomic mass is 32.2. The van der Waals surface area contributed by atoms with Crippen LogP contribution in [0.25, 0.3) is 11.3 Å². The van der Waals surface area contributed by atoms with Crippen molar-refractivity contribution in [3.63, 3.8) is 0 Å². The van der Waals surface area contributed by atoms with Crippen LogP contribution in [-0.4, -0.2) is 97.8 Å². The molecule has 16 heteroatoms. The van der Waals surface area contributed by atoms with Crippen molar-refractivity contribution in [1.82, 2.24) is 29.3 Å². The molecule has 1 atom stereocenters. The van der Waals surface area contributed by atoms with Crippen LogP contribution in [0.3, 0.4) is 0 Å². The van der Waals surface area contributed by atoms with Gasteiger partial charge in [-0.2, -0.15) is 18.3 Å². The molecule has 2 fully saturated rings. The molecule has 2 aromatic heterocycles. The number of allylic oxidation sites excluding steroid dienone is 2. The normalized spacial score (nSPS) is 19.6. The lowest BCUT2D eigenvalue weighted by Gasteiger charge is -2.45. The van der Waals surface area contributed by atoms with E-state index in [2.05, 4.69) is 25.3 Å². The second-order valence-electron chi connectivity index (χ2n) is 9.54. The van der Waals surface area contributed by atoms with E-state index in [0.29, 0.717) is 23.8 Å². The first-order valence-electron chi connectivity index (χ1n) is 12.4. The average molecular weight is 589 g/mol. The third kappa shape index (κ3) is 7.77. The fraction of sp³-hybridized carbons (Fsp3) is 0.500. The van der Waals surface area contributed by atoms with Crippen molar-refractivity contribution in [3.05, 3.63) is 47.7 Å². The first-order valence-corrected chi connectivity index (χ1v) is 13.9. The minimum atomic E-state index is -4.46. The molecule has 0 bridgehead atoms. The summed E-state index contributed by atoms with van der Waals surface area (Å²) in [6, 6.07) is 4.44. The van der Waals surface area contributed by atoms with Gasteiger partial charge in [-0.15, -0.1) is 4.31 Å². The van der Waals surface area contributed by atoms with Crippen molar-refractivity contribution in [1.29, 1.82) is 0 Å². The van der Waals surface area contributed by atoms with Crippen molar-refractivity contribution in [2.45, 2.75) is 44.1 Å². The Kier molecular flexibility index (Phi) is 9.43. The zero-order valence-corrected chi connectivity index (χ0v) is 22.3.